The molecule has 1 amide bonds. The molecule has 0 bridgehead atoms. The molecule has 1 aliphatic carbocycles. The van der Waals surface area contributed by atoms with Gasteiger partial charge >= 0.3 is 5.97 Å². The van der Waals surface area contributed by atoms with E-state index < -0.39 is 40.8 Å². The zero-order chi connectivity index (χ0) is 20.3. The molecule has 0 heterocycles. The van der Waals surface area contributed by atoms with Crippen LogP contribution in [0.3, 0.4) is 0 Å². The van der Waals surface area contributed by atoms with Crippen LogP contribution < -0.4 is 5.32 Å². The molecule has 0 spiro atoms. The van der Waals surface area contributed by atoms with Gasteiger partial charge in [0.05, 0.1) is 11.1 Å². The molecule has 1 atom stereocenters. The van der Waals surface area contributed by atoms with E-state index >= 15 is 0 Å². The van der Waals surface area contributed by atoms with Gasteiger partial charge in [0.1, 0.15) is 17.5 Å². The molecule has 148 valence electrons. The zero-order valence-corrected chi connectivity index (χ0v) is 15.3. The van der Waals surface area contributed by atoms with E-state index in [1.807, 2.05) is 0 Å². The van der Waals surface area contributed by atoms with Crippen LogP contribution in [0.4, 0.5) is 18.9 Å². The summed E-state index contributed by atoms with van der Waals surface area (Å²) in [6.45, 7) is 1.36. The zero-order valence-electron chi connectivity index (χ0n) is 15.3. The predicted molar refractivity (Wildman–Crippen MR) is 97.1 cm³/mol. The number of halogens is 3. The number of rotatable bonds is 5. The molecule has 7 heteroatoms. The van der Waals surface area contributed by atoms with Gasteiger partial charge < -0.3 is 10.1 Å². The van der Waals surface area contributed by atoms with E-state index in [1.54, 1.807) is 12.1 Å². The SMILES string of the molecule is C[C@@H](OC(=O)C1(c2ccc(F)cc2)CCCC1)C(=O)Nc1cc(F)ccc1F. The van der Waals surface area contributed by atoms with Gasteiger partial charge in [-0.15, -0.1) is 0 Å². The summed E-state index contributed by atoms with van der Waals surface area (Å²) in [7, 11) is 0. The first-order valence-corrected chi connectivity index (χ1v) is 9.05. The van der Waals surface area contributed by atoms with Crippen molar-refractivity contribution in [2.75, 3.05) is 5.32 Å². The van der Waals surface area contributed by atoms with Gasteiger partial charge in [-0.1, -0.05) is 25.0 Å². The highest BCUT2D eigenvalue weighted by atomic mass is 19.1. The molecule has 0 radical (unpaired) electrons. The van der Waals surface area contributed by atoms with Crippen molar-refractivity contribution < 1.29 is 27.5 Å². The minimum Gasteiger partial charge on any atom is -0.452 e. The van der Waals surface area contributed by atoms with Crippen molar-refractivity contribution in [2.24, 2.45) is 0 Å². The Balaban J connectivity index is 1.73. The highest BCUT2D eigenvalue weighted by molar-refractivity contribution is 5.96. The summed E-state index contributed by atoms with van der Waals surface area (Å²) in [5, 5.41) is 2.23. The van der Waals surface area contributed by atoms with Crippen LogP contribution in [0.2, 0.25) is 0 Å². The van der Waals surface area contributed by atoms with Gasteiger partial charge in [0.15, 0.2) is 6.10 Å². The maximum Gasteiger partial charge on any atom is 0.317 e. The van der Waals surface area contributed by atoms with Crippen LogP contribution in [0.5, 0.6) is 0 Å². The molecule has 0 unspecified atom stereocenters. The fourth-order valence-corrected chi connectivity index (χ4v) is 3.51. The maximum atomic E-state index is 13.7. The monoisotopic (exact) mass is 391 g/mol. The molecular weight excluding hydrogens is 371 g/mol. The van der Waals surface area contributed by atoms with E-state index in [0.29, 0.717) is 18.4 Å². The van der Waals surface area contributed by atoms with Gasteiger partial charge in [-0.25, -0.2) is 13.2 Å². The average Bonchev–Trinajstić information content (AvgIpc) is 3.16. The molecule has 28 heavy (non-hydrogen) atoms. The van der Waals surface area contributed by atoms with Gasteiger partial charge in [-0.05, 0) is 49.6 Å². The summed E-state index contributed by atoms with van der Waals surface area (Å²) in [4.78, 5) is 25.2. The molecule has 2 aromatic rings. The lowest BCUT2D eigenvalue weighted by molar-refractivity contribution is -0.159. The Morgan fingerprint density at radius 2 is 1.61 bits per heavy atom. The first-order valence-electron chi connectivity index (χ1n) is 9.05. The van der Waals surface area contributed by atoms with Crippen LogP contribution >= 0.6 is 0 Å². The van der Waals surface area contributed by atoms with E-state index in [1.165, 1.54) is 19.1 Å². The number of carbonyl (C=O) groups is 2. The first kappa shape index (κ1) is 19.9. The summed E-state index contributed by atoms with van der Waals surface area (Å²) < 4.78 is 45.6. The second kappa shape index (κ2) is 8.04. The lowest BCUT2D eigenvalue weighted by Gasteiger charge is -2.28. The lowest BCUT2D eigenvalue weighted by atomic mass is 9.79. The van der Waals surface area contributed by atoms with E-state index in [0.717, 1.165) is 31.0 Å². The Labute approximate surface area is 160 Å². The van der Waals surface area contributed by atoms with Crippen molar-refractivity contribution in [1.29, 1.82) is 0 Å². The lowest BCUT2D eigenvalue weighted by Crippen LogP contribution is -2.40. The Morgan fingerprint density at radius 1 is 1.00 bits per heavy atom. The summed E-state index contributed by atoms with van der Waals surface area (Å²) in [6.07, 6.45) is 1.46. The number of benzene rings is 2. The highest BCUT2D eigenvalue weighted by Gasteiger charge is 2.45. The standard InChI is InChI=1S/C21H20F3NO3/c1-13(19(26)25-18-12-16(23)8-9-17(18)24)28-20(27)21(10-2-3-11-21)14-4-6-15(22)7-5-14/h4-9,12-13H,2-3,10-11H2,1H3,(H,25,26)/t13-/m1/s1. The second-order valence-corrected chi connectivity index (χ2v) is 6.96. The quantitative estimate of drug-likeness (QED) is 0.765. The fourth-order valence-electron chi connectivity index (χ4n) is 3.51. The van der Waals surface area contributed by atoms with Crippen molar-refractivity contribution >= 4 is 17.6 Å². The Morgan fingerprint density at radius 3 is 2.25 bits per heavy atom. The molecular formula is C21H20F3NO3. The summed E-state index contributed by atoms with van der Waals surface area (Å²) >= 11 is 0. The summed E-state index contributed by atoms with van der Waals surface area (Å²) in [6, 6.07) is 8.34. The third-order valence-corrected chi connectivity index (χ3v) is 5.08. The number of amides is 1. The Kier molecular flexibility index (Phi) is 5.72. The Hall–Kier alpha value is -2.83. The normalized spacial score (nSPS) is 16.4. The Bertz CT molecular complexity index is 877. The summed E-state index contributed by atoms with van der Waals surface area (Å²) in [5.41, 5.74) is -0.631. The third-order valence-electron chi connectivity index (χ3n) is 5.08. The fraction of sp³-hybridized carbons (Fsp3) is 0.333. The third kappa shape index (κ3) is 4.03. The minimum absolute atomic E-state index is 0.331. The van der Waals surface area contributed by atoms with E-state index in [2.05, 4.69) is 5.32 Å². The van der Waals surface area contributed by atoms with Crippen LogP contribution in [-0.2, 0) is 19.7 Å². The molecule has 1 fully saturated rings. The molecule has 1 N–H and O–H groups in total. The smallest absolute Gasteiger partial charge is 0.317 e. The predicted octanol–water partition coefficient (Wildman–Crippen LogP) is 4.49. The largest absolute Gasteiger partial charge is 0.452 e. The van der Waals surface area contributed by atoms with Gasteiger partial charge in [0.25, 0.3) is 5.91 Å². The van der Waals surface area contributed by atoms with Gasteiger partial charge in [-0.3, -0.25) is 9.59 Å². The number of anilines is 1. The van der Waals surface area contributed by atoms with Crippen LogP contribution in [0.15, 0.2) is 42.5 Å². The number of hydrogen-bond acceptors (Lipinski definition) is 3. The van der Waals surface area contributed by atoms with Crippen molar-refractivity contribution in [1.82, 2.24) is 0 Å². The van der Waals surface area contributed by atoms with Crippen LogP contribution in [0, 0.1) is 17.5 Å². The number of carbonyl (C=O) groups excluding carboxylic acids is 2. The van der Waals surface area contributed by atoms with Gasteiger partial charge in [0, 0.05) is 6.07 Å². The molecule has 0 aliphatic heterocycles. The minimum atomic E-state index is -1.21. The van der Waals surface area contributed by atoms with Gasteiger partial charge in [0.2, 0.25) is 0 Å². The second-order valence-electron chi connectivity index (χ2n) is 6.96. The molecule has 2 aromatic carbocycles. The van der Waals surface area contributed by atoms with E-state index in [9.17, 15) is 22.8 Å². The number of ether oxygens (including phenoxy) is 1. The van der Waals surface area contributed by atoms with Crippen LogP contribution in [0.25, 0.3) is 0 Å². The van der Waals surface area contributed by atoms with Crippen molar-refractivity contribution in [3.8, 4) is 0 Å². The first-order chi connectivity index (χ1) is 13.3. The highest BCUT2D eigenvalue weighted by Crippen LogP contribution is 2.42. The topological polar surface area (TPSA) is 55.4 Å². The average molecular weight is 391 g/mol. The van der Waals surface area contributed by atoms with Crippen molar-refractivity contribution in [3.05, 3.63) is 65.5 Å². The molecule has 1 saturated carbocycles. The van der Waals surface area contributed by atoms with Crippen LogP contribution in [0.1, 0.15) is 38.2 Å². The van der Waals surface area contributed by atoms with Crippen LogP contribution in [-0.4, -0.2) is 18.0 Å². The number of nitrogens with one attached hydrogen (secondary N) is 1. The summed E-state index contributed by atoms with van der Waals surface area (Å²) in [5.74, 6) is -3.27. The van der Waals surface area contributed by atoms with E-state index in [-0.39, 0.29) is 5.69 Å². The number of hydrogen-bond donors (Lipinski definition) is 1. The van der Waals surface area contributed by atoms with Gasteiger partial charge in [-0.2, -0.15) is 0 Å². The molecule has 3 rings (SSSR count). The maximum absolute atomic E-state index is 13.7. The molecule has 0 saturated heterocycles. The molecule has 1 aliphatic rings. The van der Waals surface area contributed by atoms with E-state index in [4.69, 9.17) is 4.74 Å². The molecule has 4 nitrogen and oxygen atoms in total. The van der Waals surface area contributed by atoms with Crippen molar-refractivity contribution in [2.45, 2.75) is 44.1 Å². The molecule has 0 aromatic heterocycles. The number of esters is 1. The van der Waals surface area contributed by atoms with Crippen molar-refractivity contribution in [3.63, 3.8) is 0 Å².